The predicted molar refractivity (Wildman–Crippen MR) is 65.1 cm³/mol. The molecule has 0 saturated carbocycles. The van der Waals surface area contributed by atoms with Crippen LogP contribution < -0.4 is 16.8 Å². The summed E-state index contributed by atoms with van der Waals surface area (Å²) in [6.45, 7) is 1.66. The number of nitrogen functional groups attached to an aromatic ring is 2. The molecular formula is C10H19N5O. The Kier molecular flexibility index (Phi) is 5.35. The Morgan fingerprint density at radius 1 is 1.25 bits per heavy atom. The van der Waals surface area contributed by atoms with Crippen LogP contribution in [-0.2, 0) is 4.74 Å². The monoisotopic (exact) mass is 225 g/mol. The first-order valence-electron chi connectivity index (χ1n) is 5.35. The molecule has 6 nitrogen and oxygen atoms in total. The zero-order valence-corrected chi connectivity index (χ0v) is 9.57. The van der Waals surface area contributed by atoms with E-state index < -0.39 is 0 Å². The van der Waals surface area contributed by atoms with Gasteiger partial charge in [0.05, 0.1) is 0 Å². The third-order valence-corrected chi connectivity index (χ3v) is 2.09. The molecule has 0 unspecified atom stereocenters. The topological polar surface area (TPSA) is 99.1 Å². The summed E-state index contributed by atoms with van der Waals surface area (Å²) < 4.78 is 4.96. The second-order valence-corrected chi connectivity index (χ2v) is 3.52. The minimum atomic E-state index is 0.196. The van der Waals surface area contributed by atoms with E-state index in [0.29, 0.717) is 11.6 Å². The number of nitrogens with one attached hydrogen (secondary N) is 1. The first-order valence-corrected chi connectivity index (χ1v) is 5.35. The van der Waals surface area contributed by atoms with Gasteiger partial charge in [0.25, 0.3) is 0 Å². The van der Waals surface area contributed by atoms with Crippen molar-refractivity contribution in [3.05, 3.63) is 6.07 Å². The van der Waals surface area contributed by atoms with Crippen molar-refractivity contribution in [1.29, 1.82) is 0 Å². The largest absolute Gasteiger partial charge is 0.385 e. The molecule has 16 heavy (non-hydrogen) atoms. The van der Waals surface area contributed by atoms with Gasteiger partial charge in [-0.15, -0.1) is 0 Å². The number of anilines is 3. The first kappa shape index (κ1) is 12.5. The summed E-state index contributed by atoms with van der Waals surface area (Å²) in [7, 11) is 1.71. The van der Waals surface area contributed by atoms with E-state index in [2.05, 4.69) is 15.3 Å². The zero-order valence-electron chi connectivity index (χ0n) is 9.57. The van der Waals surface area contributed by atoms with E-state index in [1.54, 1.807) is 13.2 Å². The summed E-state index contributed by atoms with van der Waals surface area (Å²) in [5.74, 6) is 1.26. The Morgan fingerprint density at radius 3 is 2.75 bits per heavy atom. The summed E-state index contributed by atoms with van der Waals surface area (Å²) in [6.07, 6.45) is 3.26. The van der Waals surface area contributed by atoms with Gasteiger partial charge in [0.1, 0.15) is 11.6 Å². The lowest BCUT2D eigenvalue weighted by Gasteiger charge is -2.06. The molecule has 1 aromatic heterocycles. The van der Waals surface area contributed by atoms with Crippen LogP contribution in [0.15, 0.2) is 6.07 Å². The Balaban J connectivity index is 2.21. The number of methoxy groups -OCH3 is 1. The highest BCUT2D eigenvalue weighted by molar-refractivity contribution is 5.48. The molecule has 0 aliphatic carbocycles. The van der Waals surface area contributed by atoms with E-state index in [9.17, 15) is 0 Å². The Labute approximate surface area is 95.4 Å². The fourth-order valence-corrected chi connectivity index (χ4v) is 1.34. The number of nitrogens with zero attached hydrogens (tertiary/aromatic N) is 2. The van der Waals surface area contributed by atoms with Crippen molar-refractivity contribution in [3.63, 3.8) is 0 Å². The smallest absolute Gasteiger partial charge is 0.223 e. The Morgan fingerprint density at radius 2 is 2.06 bits per heavy atom. The average Bonchev–Trinajstić information content (AvgIpc) is 2.22. The van der Waals surface area contributed by atoms with Crippen LogP contribution in [0.1, 0.15) is 19.3 Å². The number of rotatable bonds is 7. The van der Waals surface area contributed by atoms with Gasteiger partial charge in [0.15, 0.2) is 0 Å². The maximum absolute atomic E-state index is 5.54. The van der Waals surface area contributed by atoms with E-state index >= 15 is 0 Å². The Hall–Kier alpha value is -1.56. The SMILES string of the molecule is COCCCCCNc1cc(N)nc(N)n1. The molecule has 6 heteroatoms. The molecule has 1 heterocycles. The van der Waals surface area contributed by atoms with Gasteiger partial charge in [-0.2, -0.15) is 9.97 Å². The molecule has 1 rings (SSSR count). The van der Waals surface area contributed by atoms with Gasteiger partial charge in [-0.1, -0.05) is 0 Å². The molecule has 0 amide bonds. The number of aromatic nitrogens is 2. The zero-order chi connectivity index (χ0) is 11.8. The van der Waals surface area contributed by atoms with Crippen molar-refractivity contribution in [2.24, 2.45) is 0 Å². The van der Waals surface area contributed by atoms with Crippen LogP contribution in [0.5, 0.6) is 0 Å². The molecule has 90 valence electrons. The van der Waals surface area contributed by atoms with Gasteiger partial charge >= 0.3 is 0 Å². The number of hydrogen-bond donors (Lipinski definition) is 3. The summed E-state index contributed by atoms with van der Waals surface area (Å²) in [6, 6.07) is 1.67. The molecule has 0 radical (unpaired) electrons. The van der Waals surface area contributed by atoms with Crippen LogP contribution in [0.4, 0.5) is 17.6 Å². The maximum Gasteiger partial charge on any atom is 0.223 e. The standard InChI is InChI=1S/C10H19N5O/c1-16-6-4-2-3-5-13-9-7-8(11)14-10(12)15-9/h7H,2-6H2,1H3,(H5,11,12,13,14,15). The molecular weight excluding hydrogens is 206 g/mol. The third-order valence-electron chi connectivity index (χ3n) is 2.09. The number of nitrogens with two attached hydrogens (primary N) is 2. The third kappa shape index (κ3) is 4.79. The highest BCUT2D eigenvalue weighted by atomic mass is 16.5. The number of unbranched alkanes of at least 4 members (excludes halogenated alkanes) is 2. The van der Waals surface area contributed by atoms with Gasteiger partial charge in [-0.3, -0.25) is 0 Å². The van der Waals surface area contributed by atoms with Gasteiger partial charge in [0.2, 0.25) is 5.95 Å². The van der Waals surface area contributed by atoms with Crippen LogP contribution in [-0.4, -0.2) is 30.2 Å². The van der Waals surface area contributed by atoms with Crippen molar-refractivity contribution in [3.8, 4) is 0 Å². The van der Waals surface area contributed by atoms with Gasteiger partial charge in [-0.25, -0.2) is 0 Å². The van der Waals surface area contributed by atoms with Gasteiger partial charge < -0.3 is 21.5 Å². The van der Waals surface area contributed by atoms with Crippen molar-refractivity contribution in [2.75, 3.05) is 37.0 Å². The van der Waals surface area contributed by atoms with Crippen molar-refractivity contribution in [1.82, 2.24) is 9.97 Å². The van der Waals surface area contributed by atoms with E-state index in [1.165, 1.54) is 0 Å². The molecule has 0 saturated heterocycles. The number of ether oxygens (including phenoxy) is 1. The maximum atomic E-state index is 5.54. The van der Waals surface area contributed by atoms with Crippen molar-refractivity contribution < 1.29 is 4.74 Å². The van der Waals surface area contributed by atoms with Crippen molar-refractivity contribution in [2.45, 2.75) is 19.3 Å². The van der Waals surface area contributed by atoms with E-state index in [1.807, 2.05) is 0 Å². The van der Waals surface area contributed by atoms with Crippen LogP contribution in [0.2, 0.25) is 0 Å². The minimum absolute atomic E-state index is 0.196. The summed E-state index contributed by atoms with van der Waals surface area (Å²) in [4.78, 5) is 7.81. The lowest BCUT2D eigenvalue weighted by Crippen LogP contribution is -2.07. The normalized spacial score (nSPS) is 10.3. The second-order valence-electron chi connectivity index (χ2n) is 3.52. The Bertz CT molecular complexity index is 298. The van der Waals surface area contributed by atoms with E-state index in [-0.39, 0.29) is 5.95 Å². The molecule has 0 aromatic carbocycles. The van der Waals surface area contributed by atoms with E-state index in [4.69, 9.17) is 16.2 Å². The molecule has 0 aliphatic rings. The molecule has 0 spiro atoms. The second kappa shape index (κ2) is 6.84. The van der Waals surface area contributed by atoms with Crippen molar-refractivity contribution >= 4 is 17.6 Å². The molecule has 5 N–H and O–H groups in total. The highest BCUT2D eigenvalue weighted by Gasteiger charge is 1.98. The molecule has 0 bridgehead atoms. The molecule has 0 fully saturated rings. The van der Waals surface area contributed by atoms with Crippen LogP contribution in [0.25, 0.3) is 0 Å². The van der Waals surface area contributed by atoms with Crippen LogP contribution >= 0.6 is 0 Å². The average molecular weight is 225 g/mol. The molecule has 1 aromatic rings. The molecule has 0 atom stereocenters. The fraction of sp³-hybridized carbons (Fsp3) is 0.600. The van der Waals surface area contributed by atoms with Gasteiger partial charge in [-0.05, 0) is 19.3 Å². The number of hydrogen-bond acceptors (Lipinski definition) is 6. The fourth-order valence-electron chi connectivity index (χ4n) is 1.34. The van der Waals surface area contributed by atoms with Crippen LogP contribution in [0, 0.1) is 0 Å². The van der Waals surface area contributed by atoms with Gasteiger partial charge in [0, 0.05) is 26.3 Å². The quantitative estimate of drug-likeness (QED) is 0.595. The lowest BCUT2D eigenvalue weighted by atomic mass is 10.2. The van der Waals surface area contributed by atoms with E-state index in [0.717, 1.165) is 32.4 Å². The molecule has 0 aliphatic heterocycles. The van der Waals surface area contributed by atoms with Crippen LogP contribution in [0.3, 0.4) is 0 Å². The lowest BCUT2D eigenvalue weighted by molar-refractivity contribution is 0.192. The summed E-state index contributed by atoms with van der Waals surface area (Å²) in [5.41, 5.74) is 11.0. The summed E-state index contributed by atoms with van der Waals surface area (Å²) >= 11 is 0. The highest BCUT2D eigenvalue weighted by Crippen LogP contribution is 2.09. The first-order chi connectivity index (χ1) is 7.72. The summed E-state index contributed by atoms with van der Waals surface area (Å²) in [5, 5.41) is 3.15. The minimum Gasteiger partial charge on any atom is -0.385 e. The predicted octanol–water partition coefficient (Wildman–Crippen LogP) is 0.870.